The van der Waals surface area contributed by atoms with Crippen molar-refractivity contribution in [2.24, 2.45) is 0 Å². The zero-order valence-corrected chi connectivity index (χ0v) is 15.1. The minimum Gasteiger partial charge on any atom is -0.479 e. The number of nitrogens with one attached hydrogen (secondary N) is 1. The summed E-state index contributed by atoms with van der Waals surface area (Å²) in [6, 6.07) is 12.3. The van der Waals surface area contributed by atoms with Crippen LogP contribution < -0.4 is 15.0 Å². The monoisotopic (exact) mass is 408 g/mol. The molecule has 24 heavy (non-hydrogen) atoms. The third kappa shape index (κ3) is 3.39. The van der Waals surface area contributed by atoms with E-state index in [1.807, 2.05) is 6.07 Å². The Morgan fingerprint density at radius 2 is 2.08 bits per heavy atom. The van der Waals surface area contributed by atoms with E-state index >= 15 is 0 Å². The topological polar surface area (TPSA) is 58.6 Å². The van der Waals surface area contributed by atoms with Crippen LogP contribution in [0.3, 0.4) is 0 Å². The van der Waals surface area contributed by atoms with Gasteiger partial charge in [0.05, 0.1) is 16.4 Å². The molecule has 1 unspecified atom stereocenters. The van der Waals surface area contributed by atoms with Gasteiger partial charge in [0, 0.05) is 4.47 Å². The Bertz CT molecular complexity index is 812. The quantitative estimate of drug-likeness (QED) is 0.837. The largest absolute Gasteiger partial charge is 0.479 e. The second-order valence-corrected chi connectivity index (χ2v) is 6.65. The fourth-order valence-corrected chi connectivity index (χ4v) is 3.17. The number of anilines is 2. The summed E-state index contributed by atoms with van der Waals surface area (Å²) in [4.78, 5) is 26.2. The van der Waals surface area contributed by atoms with E-state index in [4.69, 9.17) is 16.3 Å². The van der Waals surface area contributed by atoms with Gasteiger partial charge in [-0.1, -0.05) is 39.7 Å². The molecule has 1 aliphatic heterocycles. The first-order valence-electron chi connectivity index (χ1n) is 7.27. The van der Waals surface area contributed by atoms with Crippen LogP contribution in [0.25, 0.3) is 0 Å². The van der Waals surface area contributed by atoms with Gasteiger partial charge in [0.2, 0.25) is 5.91 Å². The van der Waals surface area contributed by atoms with Crippen LogP contribution in [0.1, 0.15) is 6.92 Å². The van der Waals surface area contributed by atoms with Crippen molar-refractivity contribution >= 4 is 50.7 Å². The van der Waals surface area contributed by atoms with E-state index in [-0.39, 0.29) is 18.4 Å². The zero-order chi connectivity index (χ0) is 17.3. The van der Waals surface area contributed by atoms with Crippen LogP contribution in [0.2, 0.25) is 5.02 Å². The molecule has 5 nitrogen and oxygen atoms in total. The maximum atomic E-state index is 12.4. The molecule has 1 atom stereocenters. The van der Waals surface area contributed by atoms with E-state index in [0.29, 0.717) is 22.1 Å². The van der Waals surface area contributed by atoms with Crippen molar-refractivity contribution in [1.82, 2.24) is 0 Å². The zero-order valence-electron chi connectivity index (χ0n) is 12.8. The lowest BCUT2D eigenvalue weighted by Crippen LogP contribution is -2.47. The van der Waals surface area contributed by atoms with Crippen LogP contribution >= 0.6 is 27.5 Å². The third-order valence-corrected chi connectivity index (χ3v) is 4.39. The summed E-state index contributed by atoms with van der Waals surface area (Å²) in [6.45, 7) is 1.55. The number of para-hydroxylation sites is 2. The summed E-state index contributed by atoms with van der Waals surface area (Å²) < 4.78 is 6.37. The van der Waals surface area contributed by atoms with Crippen LogP contribution in [0.5, 0.6) is 5.75 Å². The summed E-state index contributed by atoms with van der Waals surface area (Å²) in [7, 11) is 0. The Labute approximate surface area is 152 Å². The first-order chi connectivity index (χ1) is 11.5. The normalized spacial score (nSPS) is 16.4. The minimum atomic E-state index is -0.635. The number of amides is 2. The van der Waals surface area contributed by atoms with Gasteiger partial charge < -0.3 is 10.1 Å². The molecule has 2 amide bonds. The summed E-state index contributed by atoms with van der Waals surface area (Å²) in [5.41, 5.74) is 1.07. The standard InChI is InChI=1S/C17H14BrClN2O3/c1-10-17(23)21(14-4-2-3-5-15(14)24-10)9-16(22)20-13-7-6-11(18)8-12(13)19/h2-8,10H,9H2,1H3,(H,20,22). The molecular formula is C17H14BrClN2O3. The van der Waals surface area contributed by atoms with E-state index in [1.165, 1.54) is 4.90 Å². The molecule has 3 rings (SSSR count). The maximum Gasteiger partial charge on any atom is 0.268 e. The van der Waals surface area contributed by atoms with Crippen LogP contribution in [0.15, 0.2) is 46.9 Å². The predicted octanol–water partition coefficient (Wildman–Crippen LogP) is 3.86. The molecule has 1 aliphatic rings. The van der Waals surface area contributed by atoms with E-state index in [2.05, 4.69) is 21.2 Å². The number of rotatable bonds is 3. The Hall–Kier alpha value is -2.05. The Balaban J connectivity index is 1.79. The van der Waals surface area contributed by atoms with E-state index < -0.39 is 6.10 Å². The number of carbonyl (C=O) groups excluding carboxylic acids is 2. The first-order valence-corrected chi connectivity index (χ1v) is 8.45. The van der Waals surface area contributed by atoms with Crippen molar-refractivity contribution in [1.29, 1.82) is 0 Å². The van der Waals surface area contributed by atoms with Gasteiger partial charge in [-0.25, -0.2) is 0 Å². The highest BCUT2D eigenvalue weighted by atomic mass is 79.9. The Morgan fingerprint density at radius 1 is 1.33 bits per heavy atom. The molecule has 0 saturated carbocycles. The number of carbonyl (C=O) groups is 2. The lowest BCUT2D eigenvalue weighted by Gasteiger charge is -2.32. The number of hydrogen-bond acceptors (Lipinski definition) is 3. The summed E-state index contributed by atoms with van der Waals surface area (Å²) in [6.07, 6.45) is -0.635. The fraction of sp³-hybridized carbons (Fsp3) is 0.176. The minimum absolute atomic E-state index is 0.115. The van der Waals surface area contributed by atoms with Crippen LogP contribution in [-0.4, -0.2) is 24.5 Å². The molecule has 0 radical (unpaired) electrons. The first kappa shape index (κ1) is 16.8. The molecule has 2 aromatic carbocycles. The van der Waals surface area contributed by atoms with Crippen molar-refractivity contribution in [2.75, 3.05) is 16.8 Å². The number of ether oxygens (including phenoxy) is 1. The van der Waals surface area contributed by atoms with Crippen LogP contribution in [0.4, 0.5) is 11.4 Å². The number of nitrogens with zero attached hydrogens (tertiary/aromatic N) is 1. The molecule has 1 N–H and O–H groups in total. The molecule has 0 bridgehead atoms. The lowest BCUT2D eigenvalue weighted by atomic mass is 10.2. The Morgan fingerprint density at radius 3 is 2.83 bits per heavy atom. The average molecular weight is 410 g/mol. The molecule has 0 aliphatic carbocycles. The van der Waals surface area contributed by atoms with Gasteiger partial charge in [-0.15, -0.1) is 0 Å². The number of fused-ring (bicyclic) bond motifs is 1. The van der Waals surface area contributed by atoms with Gasteiger partial charge in [0.15, 0.2) is 6.10 Å². The van der Waals surface area contributed by atoms with Crippen molar-refractivity contribution in [3.63, 3.8) is 0 Å². The number of benzene rings is 2. The maximum absolute atomic E-state index is 12.4. The van der Waals surface area contributed by atoms with Crippen LogP contribution in [-0.2, 0) is 9.59 Å². The SMILES string of the molecule is CC1Oc2ccccc2N(CC(=O)Nc2ccc(Br)cc2Cl)C1=O. The van der Waals surface area contributed by atoms with Gasteiger partial charge in [-0.2, -0.15) is 0 Å². The molecule has 7 heteroatoms. The molecule has 1 heterocycles. The van der Waals surface area contributed by atoms with Crippen LogP contribution in [0, 0.1) is 0 Å². The summed E-state index contributed by atoms with van der Waals surface area (Å²) in [5, 5.41) is 3.14. The summed E-state index contributed by atoms with van der Waals surface area (Å²) in [5.74, 6) is -0.0127. The molecular weight excluding hydrogens is 396 g/mol. The lowest BCUT2D eigenvalue weighted by molar-refractivity contribution is -0.127. The third-order valence-electron chi connectivity index (χ3n) is 3.58. The van der Waals surface area contributed by atoms with Crippen molar-refractivity contribution < 1.29 is 14.3 Å². The van der Waals surface area contributed by atoms with Gasteiger partial charge in [0.1, 0.15) is 12.3 Å². The summed E-state index contributed by atoms with van der Waals surface area (Å²) >= 11 is 9.41. The molecule has 0 spiro atoms. The van der Waals surface area contributed by atoms with Crippen molar-refractivity contribution in [2.45, 2.75) is 13.0 Å². The molecule has 124 valence electrons. The highest BCUT2D eigenvalue weighted by molar-refractivity contribution is 9.10. The molecule has 2 aromatic rings. The van der Waals surface area contributed by atoms with E-state index in [0.717, 1.165) is 4.47 Å². The van der Waals surface area contributed by atoms with Crippen molar-refractivity contribution in [3.05, 3.63) is 52.0 Å². The highest BCUT2D eigenvalue weighted by Gasteiger charge is 2.32. The van der Waals surface area contributed by atoms with Gasteiger partial charge >= 0.3 is 0 Å². The molecule has 0 fully saturated rings. The Kier molecular flexibility index (Phi) is 4.78. The van der Waals surface area contributed by atoms with Gasteiger partial charge in [-0.3, -0.25) is 14.5 Å². The number of halogens is 2. The fourth-order valence-electron chi connectivity index (χ4n) is 2.45. The second kappa shape index (κ2) is 6.83. The number of hydrogen-bond donors (Lipinski definition) is 1. The molecule has 0 saturated heterocycles. The van der Waals surface area contributed by atoms with Crippen molar-refractivity contribution in [3.8, 4) is 5.75 Å². The van der Waals surface area contributed by atoms with E-state index in [9.17, 15) is 9.59 Å². The van der Waals surface area contributed by atoms with Gasteiger partial charge in [-0.05, 0) is 37.3 Å². The predicted molar refractivity (Wildman–Crippen MR) is 96.7 cm³/mol. The van der Waals surface area contributed by atoms with E-state index in [1.54, 1.807) is 43.3 Å². The average Bonchev–Trinajstić information content (AvgIpc) is 2.54. The molecule has 0 aromatic heterocycles. The smallest absolute Gasteiger partial charge is 0.268 e. The van der Waals surface area contributed by atoms with Gasteiger partial charge in [0.25, 0.3) is 5.91 Å². The second-order valence-electron chi connectivity index (χ2n) is 5.32. The highest BCUT2D eigenvalue weighted by Crippen LogP contribution is 2.33.